The van der Waals surface area contributed by atoms with Crippen molar-refractivity contribution in [2.75, 3.05) is 31.5 Å². The molecule has 0 radical (unpaired) electrons. The summed E-state index contributed by atoms with van der Waals surface area (Å²) in [5.41, 5.74) is 0.409. The number of rotatable bonds is 7. The summed E-state index contributed by atoms with van der Waals surface area (Å²) >= 11 is 5.98. The third-order valence-corrected chi connectivity index (χ3v) is 10.8. The molecule has 0 unspecified atom stereocenters. The molecule has 196 valence electrons. The molecule has 4 rings (SSSR count). The number of piperidine rings is 2. The van der Waals surface area contributed by atoms with E-state index in [4.69, 9.17) is 11.6 Å². The fourth-order valence-electron chi connectivity index (χ4n) is 4.55. The molecule has 8 nitrogen and oxygen atoms in total. The maximum absolute atomic E-state index is 14.1. The van der Waals surface area contributed by atoms with Crippen molar-refractivity contribution in [1.29, 1.82) is 0 Å². The van der Waals surface area contributed by atoms with E-state index in [1.54, 1.807) is 12.1 Å². The normalized spacial score (nSPS) is 18.7. The Labute approximate surface area is 216 Å². The monoisotopic (exact) mass is 557 g/mol. The lowest BCUT2D eigenvalue weighted by Gasteiger charge is -2.30. The number of hydrogen-bond donors (Lipinski definition) is 1. The van der Waals surface area contributed by atoms with E-state index in [9.17, 15) is 26.0 Å². The highest BCUT2D eigenvalue weighted by Crippen LogP contribution is 2.27. The van der Waals surface area contributed by atoms with Crippen LogP contribution in [0.3, 0.4) is 0 Å². The van der Waals surface area contributed by atoms with E-state index in [1.165, 1.54) is 38.9 Å². The van der Waals surface area contributed by atoms with Gasteiger partial charge in [-0.15, -0.1) is 0 Å². The van der Waals surface area contributed by atoms with Gasteiger partial charge < -0.3 is 5.32 Å². The highest BCUT2D eigenvalue weighted by atomic mass is 35.5. The highest BCUT2D eigenvalue weighted by Gasteiger charge is 2.32. The summed E-state index contributed by atoms with van der Waals surface area (Å²) in [5, 5.41) is 2.85. The molecule has 2 heterocycles. The Morgan fingerprint density at radius 3 is 2.17 bits per heavy atom. The number of carbonyl (C=O) groups excluding carboxylic acids is 1. The average Bonchev–Trinajstić information content (AvgIpc) is 2.87. The van der Waals surface area contributed by atoms with E-state index in [-0.39, 0.29) is 34.5 Å². The molecule has 0 spiro atoms. The van der Waals surface area contributed by atoms with Gasteiger partial charge in [-0.3, -0.25) is 4.79 Å². The molecule has 2 aromatic carbocycles. The van der Waals surface area contributed by atoms with Gasteiger partial charge in [0.05, 0.1) is 10.6 Å². The van der Waals surface area contributed by atoms with Crippen molar-refractivity contribution in [2.45, 2.75) is 42.8 Å². The first-order valence-electron chi connectivity index (χ1n) is 11.9. The van der Waals surface area contributed by atoms with Gasteiger partial charge in [-0.1, -0.05) is 24.1 Å². The molecule has 12 heteroatoms. The number of benzene rings is 2. The lowest BCUT2D eigenvalue weighted by atomic mass is 9.97. The van der Waals surface area contributed by atoms with Crippen molar-refractivity contribution >= 4 is 43.2 Å². The largest absolute Gasteiger partial charge is 0.326 e. The molecule has 1 N–H and O–H groups in total. The summed E-state index contributed by atoms with van der Waals surface area (Å²) in [6.07, 6.45) is 3.37. The summed E-state index contributed by atoms with van der Waals surface area (Å²) in [6, 6.07) is 10.1. The Hall–Kier alpha value is -2.05. The number of nitrogens with zero attached hydrogens (tertiary/aromatic N) is 2. The van der Waals surface area contributed by atoms with Crippen molar-refractivity contribution in [3.63, 3.8) is 0 Å². The zero-order valence-corrected chi connectivity index (χ0v) is 22.1. The third kappa shape index (κ3) is 6.08. The minimum atomic E-state index is -3.80. The lowest BCUT2D eigenvalue weighted by molar-refractivity contribution is -0.120. The molecular formula is C24H29ClFN3O5S2. The third-order valence-electron chi connectivity index (χ3n) is 6.68. The van der Waals surface area contributed by atoms with E-state index in [1.807, 2.05) is 0 Å². The molecule has 0 aromatic heterocycles. The summed E-state index contributed by atoms with van der Waals surface area (Å²) in [6.45, 7) is 1.31. The minimum absolute atomic E-state index is 0.0579. The van der Waals surface area contributed by atoms with Crippen LogP contribution in [0.2, 0.25) is 5.02 Å². The van der Waals surface area contributed by atoms with Crippen molar-refractivity contribution in [2.24, 2.45) is 5.92 Å². The Morgan fingerprint density at radius 1 is 0.917 bits per heavy atom. The van der Waals surface area contributed by atoms with Gasteiger partial charge in [0.25, 0.3) is 0 Å². The van der Waals surface area contributed by atoms with E-state index >= 15 is 0 Å². The Balaban J connectivity index is 1.32. The second-order valence-electron chi connectivity index (χ2n) is 9.11. The number of nitrogens with one attached hydrogen (secondary N) is 1. The molecule has 0 aliphatic carbocycles. The smallest absolute Gasteiger partial charge is 0.243 e. The molecule has 0 atom stereocenters. The molecule has 0 bridgehead atoms. The fraction of sp³-hybridized carbons (Fsp3) is 0.458. The topological polar surface area (TPSA) is 104 Å². The molecule has 1 amide bonds. The molecule has 36 heavy (non-hydrogen) atoms. The first-order chi connectivity index (χ1) is 17.1. The van der Waals surface area contributed by atoms with Crippen LogP contribution in [0.4, 0.5) is 10.1 Å². The first-order valence-corrected chi connectivity index (χ1v) is 15.3. The summed E-state index contributed by atoms with van der Waals surface area (Å²) in [7, 11) is -7.35. The van der Waals surface area contributed by atoms with Crippen LogP contribution in [0.1, 0.15) is 37.7 Å². The number of halogens is 2. The Kier molecular flexibility index (Phi) is 8.35. The van der Waals surface area contributed by atoms with Gasteiger partial charge in [0.15, 0.2) is 0 Å². The van der Waals surface area contributed by atoms with Gasteiger partial charge in [0.1, 0.15) is 5.82 Å². The van der Waals surface area contributed by atoms with Gasteiger partial charge in [-0.05, 0) is 62.1 Å². The molecule has 2 aliphatic rings. The Morgan fingerprint density at radius 2 is 1.56 bits per heavy atom. The SMILES string of the molecule is O=C(Nc1ccc(S(=O)(=O)N2CCCCC2)cc1)C1CCN(S(=O)(=O)Cc2c(F)cccc2Cl)CC1. The standard InChI is InChI=1S/C24H29ClFN3O5S2/c25-22-5-4-6-23(26)21(22)17-35(31,32)28-15-11-18(12-16-28)24(30)27-19-7-9-20(10-8-19)36(33,34)29-13-2-1-3-14-29/h4-10,18H,1-3,11-17H2,(H,27,30). The molecule has 2 aliphatic heterocycles. The van der Waals surface area contributed by atoms with Crippen LogP contribution >= 0.6 is 11.6 Å². The first kappa shape index (κ1) is 27.0. The van der Waals surface area contributed by atoms with Gasteiger partial charge >= 0.3 is 0 Å². The second kappa shape index (κ2) is 11.1. The van der Waals surface area contributed by atoms with Crippen LogP contribution in [-0.2, 0) is 30.6 Å². The number of hydrogen-bond acceptors (Lipinski definition) is 5. The number of carbonyl (C=O) groups is 1. The quantitative estimate of drug-likeness (QED) is 0.557. The zero-order valence-electron chi connectivity index (χ0n) is 19.7. The van der Waals surface area contributed by atoms with Crippen LogP contribution in [0.15, 0.2) is 47.4 Å². The average molecular weight is 558 g/mol. The van der Waals surface area contributed by atoms with Crippen LogP contribution < -0.4 is 5.32 Å². The van der Waals surface area contributed by atoms with Crippen LogP contribution in [0.25, 0.3) is 0 Å². The predicted octanol–water partition coefficient (Wildman–Crippen LogP) is 3.83. The van der Waals surface area contributed by atoms with E-state index in [0.717, 1.165) is 19.3 Å². The van der Waals surface area contributed by atoms with Gasteiger partial charge in [0, 0.05) is 48.4 Å². The predicted molar refractivity (Wildman–Crippen MR) is 136 cm³/mol. The number of amides is 1. The summed E-state index contributed by atoms with van der Waals surface area (Å²) in [4.78, 5) is 13.0. The second-order valence-corrected chi connectivity index (χ2v) is 13.4. The fourth-order valence-corrected chi connectivity index (χ4v) is 7.98. The number of anilines is 1. The van der Waals surface area contributed by atoms with Crippen molar-refractivity contribution in [1.82, 2.24) is 8.61 Å². The molecule has 2 fully saturated rings. The maximum Gasteiger partial charge on any atom is 0.243 e. The maximum atomic E-state index is 14.1. The van der Waals surface area contributed by atoms with Gasteiger partial charge in [-0.2, -0.15) is 4.31 Å². The van der Waals surface area contributed by atoms with E-state index in [0.29, 0.717) is 31.6 Å². The number of sulfonamides is 2. The summed E-state index contributed by atoms with van der Waals surface area (Å²) < 4.78 is 68.0. The van der Waals surface area contributed by atoms with E-state index in [2.05, 4.69) is 5.32 Å². The lowest BCUT2D eigenvalue weighted by Crippen LogP contribution is -2.42. The minimum Gasteiger partial charge on any atom is -0.326 e. The Bertz CT molecular complexity index is 1290. The van der Waals surface area contributed by atoms with Crippen LogP contribution in [-0.4, -0.2) is 57.5 Å². The van der Waals surface area contributed by atoms with Gasteiger partial charge in [0.2, 0.25) is 26.0 Å². The van der Waals surface area contributed by atoms with Crippen LogP contribution in [0.5, 0.6) is 0 Å². The molecular weight excluding hydrogens is 529 g/mol. The molecule has 2 saturated heterocycles. The zero-order chi connectivity index (χ0) is 25.9. The van der Waals surface area contributed by atoms with E-state index < -0.39 is 37.5 Å². The molecule has 2 aromatic rings. The van der Waals surface area contributed by atoms with Gasteiger partial charge in [-0.25, -0.2) is 25.5 Å². The van der Waals surface area contributed by atoms with Crippen molar-refractivity contribution < 1.29 is 26.0 Å². The highest BCUT2D eigenvalue weighted by molar-refractivity contribution is 7.89. The van der Waals surface area contributed by atoms with Crippen molar-refractivity contribution in [3.8, 4) is 0 Å². The summed E-state index contributed by atoms with van der Waals surface area (Å²) in [5.74, 6) is -1.86. The van der Waals surface area contributed by atoms with Crippen molar-refractivity contribution in [3.05, 3.63) is 58.9 Å². The molecule has 0 saturated carbocycles. The van der Waals surface area contributed by atoms with Crippen LogP contribution in [0, 0.1) is 11.7 Å².